The van der Waals surface area contributed by atoms with E-state index in [0.717, 1.165) is 69.4 Å². The number of likely N-dealkylation sites (tertiary alicyclic amines) is 1. The van der Waals surface area contributed by atoms with Crippen molar-refractivity contribution >= 4 is 22.9 Å². The van der Waals surface area contributed by atoms with Gasteiger partial charge in [-0.05, 0) is 75.6 Å². The van der Waals surface area contributed by atoms with Gasteiger partial charge in [-0.25, -0.2) is 9.18 Å². The maximum absolute atomic E-state index is 13.5. The third-order valence-electron chi connectivity index (χ3n) is 8.98. The summed E-state index contributed by atoms with van der Waals surface area (Å²) in [5, 5.41) is 5.21. The van der Waals surface area contributed by atoms with Crippen LogP contribution in [-0.4, -0.2) is 70.6 Å². The highest BCUT2D eigenvalue weighted by Gasteiger charge is 2.42. The van der Waals surface area contributed by atoms with E-state index in [1.54, 1.807) is 11.0 Å². The van der Waals surface area contributed by atoms with Gasteiger partial charge < -0.3 is 14.3 Å². The highest BCUT2D eigenvalue weighted by atomic mass is 19.1. The Labute approximate surface area is 205 Å². The molecule has 4 heterocycles. The summed E-state index contributed by atoms with van der Waals surface area (Å²) in [4.78, 5) is 31.9. The molecule has 3 saturated heterocycles. The molecule has 1 saturated carbocycles. The molecule has 3 aliphatic heterocycles. The Morgan fingerprint density at radius 1 is 0.943 bits per heavy atom. The van der Waals surface area contributed by atoms with Gasteiger partial charge in [-0.15, -0.1) is 0 Å². The molecule has 1 aliphatic carbocycles. The molecule has 4 fully saturated rings. The minimum absolute atomic E-state index is 0.0306. The van der Waals surface area contributed by atoms with Crippen molar-refractivity contribution in [3.8, 4) is 0 Å². The number of carbonyl (C=O) groups is 2. The minimum Gasteiger partial charge on any atom is -0.356 e. The first-order valence-electron chi connectivity index (χ1n) is 13.4. The summed E-state index contributed by atoms with van der Waals surface area (Å²) in [6.07, 6.45) is 9.19. The SMILES string of the molecule is O=C1C[C@H]2CCCN2C(=O)N1C[C@H]1CCCC[C@H]1CN1CCC(c2noc3cc(F)ccc23)CC1. The van der Waals surface area contributed by atoms with Crippen LogP contribution in [-0.2, 0) is 4.79 Å². The van der Waals surface area contributed by atoms with Gasteiger partial charge in [0.15, 0.2) is 5.58 Å². The normalized spacial score (nSPS) is 28.8. The predicted molar refractivity (Wildman–Crippen MR) is 129 cm³/mol. The molecule has 188 valence electrons. The molecule has 7 nitrogen and oxygen atoms in total. The fraction of sp³-hybridized carbons (Fsp3) is 0.667. The maximum Gasteiger partial charge on any atom is 0.326 e. The number of imide groups is 1. The Morgan fingerprint density at radius 2 is 1.71 bits per heavy atom. The van der Waals surface area contributed by atoms with Gasteiger partial charge in [0.2, 0.25) is 5.91 Å². The molecule has 1 aromatic carbocycles. The summed E-state index contributed by atoms with van der Waals surface area (Å²) in [5.41, 5.74) is 1.48. The molecular weight excluding hydrogens is 447 g/mol. The molecule has 4 aliphatic rings. The van der Waals surface area contributed by atoms with Gasteiger partial charge in [-0.1, -0.05) is 18.0 Å². The molecule has 0 spiro atoms. The number of piperidine rings is 1. The van der Waals surface area contributed by atoms with E-state index in [9.17, 15) is 14.0 Å². The minimum atomic E-state index is -0.301. The Hall–Kier alpha value is -2.48. The van der Waals surface area contributed by atoms with Crippen LogP contribution in [0, 0.1) is 17.7 Å². The molecular formula is C27H35FN4O3. The van der Waals surface area contributed by atoms with Crippen molar-refractivity contribution in [3.05, 3.63) is 29.7 Å². The van der Waals surface area contributed by atoms with Gasteiger partial charge >= 0.3 is 6.03 Å². The zero-order chi connectivity index (χ0) is 23.9. The van der Waals surface area contributed by atoms with E-state index in [2.05, 4.69) is 10.1 Å². The lowest BCUT2D eigenvalue weighted by Gasteiger charge is -2.42. The van der Waals surface area contributed by atoms with Crippen LogP contribution in [0.4, 0.5) is 9.18 Å². The lowest BCUT2D eigenvalue weighted by Crippen LogP contribution is -2.56. The number of carbonyl (C=O) groups excluding carboxylic acids is 2. The third-order valence-corrected chi connectivity index (χ3v) is 8.98. The van der Waals surface area contributed by atoms with Crippen molar-refractivity contribution in [3.63, 3.8) is 0 Å². The fourth-order valence-electron chi connectivity index (χ4n) is 7.00. The first-order valence-corrected chi connectivity index (χ1v) is 13.4. The zero-order valence-corrected chi connectivity index (χ0v) is 20.3. The summed E-state index contributed by atoms with van der Waals surface area (Å²) < 4.78 is 18.9. The molecule has 3 atom stereocenters. The molecule has 0 unspecified atom stereocenters. The van der Waals surface area contributed by atoms with E-state index in [1.165, 1.54) is 31.4 Å². The van der Waals surface area contributed by atoms with Crippen molar-refractivity contribution in [1.29, 1.82) is 0 Å². The van der Waals surface area contributed by atoms with E-state index in [-0.39, 0.29) is 23.8 Å². The van der Waals surface area contributed by atoms with Gasteiger partial charge in [-0.2, -0.15) is 0 Å². The van der Waals surface area contributed by atoms with Crippen LogP contribution in [0.25, 0.3) is 11.0 Å². The topological polar surface area (TPSA) is 69.9 Å². The average molecular weight is 483 g/mol. The van der Waals surface area contributed by atoms with Crippen LogP contribution in [0.5, 0.6) is 0 Å². The smallest absolute Gasteiger partial charge is 0.326 e. The van der Waals surface area contributed by atoms with Crippen molar-refractivity contribution in [2.45, 2.75) is 69.7 Å². The van der Waals surface area contributed by atoms with Crippen molar-refractivity contribution < 1.29 is 18.5 Å². The molecule has 0 bridgehead atoms. The van der Waals surface area contributed by atoms with Crippen LogP contribution in [0.1, 0.15) is 69.4 Å². The number of halogens is 1. The summed E-state index contributed by atoms with van der Waals surface area (Å²) in [7, 11) is 0. The van der Waals surface area contributed by atoms with E-state index >= 15 is 0 Å². The second-order valence-corrected chi connectivity index (χ2v) is 11.1. The van der Waals surface area contributed by atoms with Crippen LogP contribution < -0.4 is 0 Å². The number of urea groups is 1. The number of benzene rings is 1. The Kier molecular flexibility index (Phi) is 6.25. The molecule has 1 aromatic heterocycles. The van der Waals surface area contributed by atoms with Gasteiger partial charge in [0.25, 0.3) is 0 Å². The van der Waals surface area contributed by atoms with E-state index in [4.69, 9.17) is 4.52 Å². The van der Waals surface area contributed by atoms with Gasteiger partial charge in [0.05, 0.1) is 5.69 Å². The van der Waals surface area contributed by atoms with Crippen LogP contribution in [0.3, 0.4) is 0 Å². The lowest BCUT2D eigenvalue weighted by molar-refractivity contribution is -0.133. The highest BCUT2D eigenvalue weighted by Crippen LogP contribution is 2.37. The number of hydrogen-bond donors (Lipinski definition) is 0. The summed E-state index contributed by atoms with van der Waals surface area (Å²) in [6.45, 7) is 4.42. The number of amides is 3. The van der Waals surface area contributed by atoms with E-state index in [1.807, 2.05) is 4.90 Å². The monoisotopic (exact) mass is 482 g/mol. The average Bonchev–Trinajstić information content (AvgIpc) is 3.50. The Bertz CT molecular complexity index is 1100. The molecule has 0 radical (unpaired) electrons. The molecule has 3 amide bonds. The fourth-order valence-corrected chi connectivity index (χ4v) is 7.00. The summed E-state index contributed by atoms with van der Waals surface area (Å²) in [6, 6.07) is 4.75. The van der Waals surface area contributed by atoms with Crippen LogP contribution in [0.2, 0.25) is 0 Å². The largest absolute Gasteiger partial charge is 0.356 e. The Balaban J connectivity index is 1.07. The maximum atomic E-state index is 13.5. The highest BCUT2D eigenvalue weighted by molar-refractivity contribution is 5.97. The molecule has 2 aromatic rings. The Morgan fingerprint density at radius 3 is 2.51 bits per heavy atom. The van der Waals surface area contributed by atoms with Gasteiger partial charge in [0.1, 0.15) is 5.82 Å². The van der Waals surface area contributed by atoms with Crippen LogP contribution in [0.15, 0.2) is 22.7 Å². The standard InChI is InChI=1S/C27H35FN4O3/c28-21-7-8-23-24(14-21)35-29-26(23)18-9-12-30(13-10-18)16-19-4-1-2-5-20(19)17-32-25(33)15-22-6-3-11-31(22)27(32)34/h7-8,14,18-20,22H,1-6,9-13,15-17H2/t19-,20+,22+/m0/s1. The second kappa shape index (κ2) is 9.52. The number of nitrogens with zero attached hydrogens (tertiary/aromatic N) is 4. The second-order valence-electron chi connectivity index (χ2n) is 11.1. The third kappa shape index (κ3) is 4.46. The molecule has 6 rings (SSSR count). The molecule has 0 N–H and O–H groups in total. The summed E-state index contributed by atoms with van der Waals surface area (Å²) in [5.74, 6) is 0.973. The van der Waals surface area contributed by atoms with Crippen molar-refractivity contribution in [1.82, 2.24) is 19.9 Å². The number of aromatic nitrogens is 1. The quantitative estimate of drug-likeness (QED) is 0.614. The number of hydrogen-bond acceptors (Lipinski definition) is 5. The predicted octanol–water partition coefficient (Wildman–Crippen LogP) is 4.77. The van der Waals surface area contributed by atoms with Crippen LogP contribution >= 0.6 is 0 Å². The first-order chi connectivity index (χ1) is 17.1. The van der Waals surface area contributed by atoms with E-state index < -0.39 is 0 Å². The molecule has 35 heavy (non-hydrogen) atoms. The van der Waals surface area contributed by atoms with Gasteiger partial charge in [-0.3, -0.25) is 9.69 Å². The first kappa shape index (κ1) is 23.0. The van der Waals surface area contributed by atoms with E-state index in [0.29, 0.717) is 36.3 Å². The lowest BCUT2D eigenvalue weighted by atomic mass is 9.78. The number of rotatable bonds is 5. The van der Waals surface area contributed by atoms with Gasteiger partial charge in [0, 0.05) is 49.5 Å². The number of fused-ring (bicyclic) bond motifs is 2. The molecule has 8 heteroatoms. The van der Waals surface area contributed by atoms with Crippen molar-refractivity contribution in [2.75, 3.05) is 32.7 Å². The summed E-state index contributed by atoms with van der Waals surface area (Å²) >= 11 is 0. The zero-order valence-electron chi connectivity index (χ0n) is 20.3. The van der Waals surface area contributed by atoms with Crippen molar-refractivity contribution in [2.24, 2.45) is 11.8 Å².